The molecule has 0 bridgehead atoms. The molecule has 0 aromatic carbocycles. The molecule has 1 aromatic rings. The van der Waals surface area contributed by atoms with Crippen molar-refractivity contribution in [2.24, 2.45) is 0 Å². The SMILES string of the molecule is O=c1c(Br)c(Br)cnn1CCCC(F)(F)F. The molecular weight excluding hydrogens is 357 g/mol. The molecule has 90 valence electrons. The van der Waals surface area contributed by atoms with Crippen molar-refractivity contribution in [2.45, 2.75) is 25.6 Å². The van der Waals surface area contributed by atoms with Gasteiger partial charge in [0.05, 0.1) is 10.7 Å². The van der Waals surface area contributed by atoms with Gasteiger partial charge < -0.3 is 0 Å². The molecule has 0 radical (unpaired) electrons. The summed E-state index contributed by atoms with van der Waals surface area (Å²) in [6.07, 6.45) is -3.92. The van der Waals surface area contributed by atoms with Gasteiger partial charge in [-0.2, -0.15) is 18.3 Å². The van der Waals surface area contributed by atoms with Crippen LogP contribution in [0.1, 0.15) is 12.8 Å². The fourth-order valence-corrected chi connectivity index (χ4v) is 1.60. The van der Waals surface area contributed by atoms with E-state index in [-0.39, 0.29) is 17.4 Å². The molecule has 1 heterocycles. The third-order valence-corrected chi connectivity index (χ3v) is 3.67. The molecule has 0 aliphatic carbocycles. The summed E-state index contributed by atoms with van der Waals surface area (Å²) in [7, 11) is 0. The Bertz CT molecular complexity index is 430. The van der Waals surface area contributed by atoms with Gasteiger partial charge in [-0.15, -0.1) is 0 Å². The number of nitrogens with zero attached hydrogens (tertiary/aromatic N) is 2. The Morgan fingerprint density at radius 1 is 1.38 bits per heavy atom. The van der Waals surface area contributed by atoms with Crippen LogP contribution in [0.5, 0.6) is 0 Å². The molecule has 1 aromatic heterocycles. The molecule has 0 unspecified atom stereocenters. The lowest BCUT2D eigenvalue weighted by molar-refractivity contribution is -0.136. The van der Waals surface area contributed by atoms with Crippen LogP contribution in [0.15, 0.2) is 19.9 Å². The third-order valence-electron chi connectivity index (χ3n) is 1.77. The Morgan fingerprint density at radius 2 is 2.00 bits per heavy atom. The zero-order valence-corrected chi connectivity index (χ0v) is 11.1. The smallest absolute Gasteiger partial charge is 0.266 e. The number of aryl methyl sites for hydroxylation is 1. The molecule has 0 fully saturated rings. The van der Waals surface area contributed by atoms with Crippen molar-refractivity contribution in [3.05, 3.63) is 25.5 Å². The standard InChI is InChI=1S/C8H7Br2F3N2O/c9-5-4-14-15(7(16)6(5)10)3-1-2-8(11,12)13/h4H,1-3H2. The van der Waals surface area contributed by atoms with Gasteiger partial charge >= 0.3 is 6.18 Å². The lowest BCUT2D eigenvalue weighted by Gasteiger charge is -2.07. The van der Waals surface area contributed by atoms with Gasteiger partial charge in [-0.05, 0) is 38.3 Å². The van der Waals surface area contributed by atoms with Gasteiger partial charge in [0.25, 0.3) is 5.56 Å². The molecule has 0 amide bonds. The molecule has 0 N–H and O–H groups in total. The second-order valence-electron chi connectivity index (χ2n) is 3.05. The third kappa shape index (κ3) is 3.89. The molecule has 0 aliphatic heterocycles. The van der Waals surface area contributed by atoms with E-state index in [1.807, 2.05) is 0 Å². The summed E-state index contributed by atoms with van der Waals surface area (Å²) in [6, 6.07) is 0. The Hall–Kier alpha value is -0.370. The van der Waals surface area contributed by atoms with Crippen molar-refractivity contribution in [1.29, 1.82) is 0 Å². The first kappa shape index (κ1) is 13.7. The maximum absolute atomic E-state index is 11.9. The predicted octanol–water partition coefficient (Wildman–Crippen LogP) is 3.11. The number of halogens is 5. The number of hydrogen-bond donors (Lipinski definition) is 0. The molecule has 0 atom stereocenters. The van der Waals surface area contributed by atoms with Crippen LogP contribution in [0.4, 0.5) is 13.2 Å². The minimum atomic E-state index is -4.20. The first-order valence-electron chi connectivity index (χ1n) is 4.29. The average molecular weight is 364 g/mol. The Balaban J connectivity index is 2.69. The van der Waals surface area contributed by atoms with Gasteiger partial charge in [0.15, 0.2) is 0 Å². The summed E-state index contributed by atoms with van der Waals surface area (Å²) in [6.45, 7) is -0.0514. The van der Waals surface area contributed by atoms with Gasteiger partial charge in [-0.3, -0.25) is 4.79 Å². The highest BCUT2D eigenvalue weighted by atomic mass is 79.9. The maximum atomic E-state index is 11.9. The van der Waals surface area contributed by atoms with Crippen LogP contribution in [0.3, 0.4) is 0 Å². The van der Waals surface area contributed by atoms with Crippen molar-refractivity contribution in [2.75, 3.05) is 0 Å². The fraction of sp³-hybridized carbons (Fsp3) is 0.500. The van der Waals surface area contributed by atoms with Crippen LogP contribution in [0, 0.1) is 0 Å². The van der Waals surface area contributed by atoms with Gasteiger partial charge in [0.2, 0.25) is 0 Å². The zero-order chi connectivity index (χ0) is 12.3. The maximum Gasteiger partial charge on any atom is 0.389 e. The highest BCUT2D eigenvalue weighted by Crippen LogP contribution is 2.21. The van der Waals surface area contributed by atoms with E-state index in [0.29, 0.717) is 4.47 Å². The predicted molar refractivity (Wildman–Crippen MR) is 59.2 cm³/mol. The minimum absolute atomic E-state index is 0.0514. The first-order valence-corrected chi connectivity index (χ1v) is 5.88. The molecule has 0 aliphatic rings. The van der Waals surface area contributed by atoms with Crippen LogP contribution in [0.2, 0.25) is 0 Å². The summed E-state index contributed by atoms with van der Waals surface area (Å²) in [5.74, 6) is 0. The van der Waals surface area contributed by atoms with E-state index in [4.69, 9.17) is 0 Å². The fourth-order valence-electron chi connectivity index (χ4n) is 1.03. The van der Waals surface area contributed by atoms with E-state index in [0.717, 1.165) is 4.68 Å². The number of hydrogen-bond acceptors (Lipinski definition) is 2. The van der Waals surface area contributed by atoms with Crippen LogP contribution < -0.4 is 5.56 Å². The molecule has 16 heavy (non-hydrogen) atoms. The quantitative estimate of drug-likeness (QED) is 0.827. The largest absolute Gasteiger partial charge is 0.389 e. The van der Waals surface area contributed by atoms with Crippen molar-refractivity contribution < 1.29 is 13.2 Å². The minimum Gasteiger partial charge on any atom is -0.266 e. The highest BCUT2D eigenvalue weighted by molar-refractivity contribution is 9.13. The van der Waals surface area contributed by atoms with Crippen LogP contribution in [-0.4, -0.2) is 16.0 Å². The van der Waals surface area contributed by atoms with Crippen molar-refractivity contribution >= 4 is 31.9 Å². The highest BCUT2D eigenvalue weighted by Gasteiger charge is 2.26. The van der Waals surface area contributed by atoms with Crippen molar-refractivity contribution in [3.8, 4) is 0 Å². The number of rotatable bonds is 3. The molecule has 0 saturated carbocycles. The second-order valence-corrected chi connectivity index (χ2v) is 4.70. The summed E-state index contributed by atoms with van der Waals surface area (Å²) in [5, 5.41) is 3.72. The van der Waals surface area contributed by atoms with E-state index in [1.165, 1.54) is 6.20 Å². The molecular formula is C8H7Br2F3N2O. The van der Waals surface area contributed by atoms with Crippen LogP contribution in [-0.2, 0) is 6.54 Å². The second kappa shape index (κ2) is 5.31. The average Bonchev–Trinajstić information content (AvgIpc) is 2.16. The molecule has 3 nitrogen and oxygen atoms in total. The number of alkyl halides is 3. The van der Waals surface area contributed by atoms with E-state index in [1.54, 1.807) is 0 Å². The Kier molecular flexibility index (Phi) is 4.54. The Morgan fingerprint density at radius 3 is 2.56 bits per heavy atom. The monoisotopic (exact) mass is 362 g/mol. The summed E-state index contributed by atoms with van der Waals surface area (Å²) in [4.78, 5) is 11.5. The topological polar surface area (TPSA) is 34.9 Å². The van der Waals surface area contributed by atoms with E-state index >= 15 is 0 Å². The summed E-state index contributed by atoms with van der Waals surface area (Å²) < 4.78 is 37.4. The van der Waals surface area contributed by atoms with E-state index in [2.05, 4.69) is 37.0 Å². The van der Waals surface area contributed by atoms with Crippen LogP contribution >= 0.6 is 31.9 Å². The van der Waals surface area contributed by atoms with E-state index in [9.17, 15) is 18.0 Å². The van der Waals surface area contributed by atoms with Gasteiger partial charge in [-0.25, -0.2) is 4.68 Å². The van der Waals surface area contributed by atoms with Gasteiger partial charge in [0.1, 0.15) is 4.47 Å². The molecule has 0 spiro atoms. The summed E-state index contributed by atoms with van der Waals surface area (Å²) >= 11 is 6.10. The summed E-state index contributed by atoms with van der Waals surface area (Å²) in [5.41, 5.74) is -0.448. The first-order chi connectivity index (χ1) is 7.31. The lowest BCUT2D eigenvalue weighted by atomic mass is 10.3. The van der Waals surface area contributed by atoms with Crippen molar-refractivity contribution in [3.63, 3.8) is 0 Å². The normalized spacial score (nSPS) is 11.8. The van der Waals surface area contributed by atoms with Crippen molar-refractivity contribution in [1.82, 2.24) is 9.78 Å². The van der Waals surface area contributed by atoms with Crippen LogP contribution in [0.25, 0.3) is 0 Å². The zero-order valence-electron chi connectivity index (χ0n) is 7.89. The lowest BCUT2D eigenvalue weighted by Crippen LogP contribution is -2.24. The number of aromatic nitrogens is 2. The van der Waals surface area contributed by atoms with Gasteiger partial charge in [-0.1, -0.05) is 0 Å². The molecule has 1 rings (SSSR count). The Labute approximate surface area is 106 Å². The molecule has 8 heteroatoms. The molecule has 0 saturated heterocycles. The van der Waals surface area contributed by atoms with E-state index < -0.39 is 18.2 Å². The van der Waals surface area contributed by atoms with Gasteiger partial charge in [0, 0.05) is 13.0 Å².